The van der Waals surface area contributed by atoms with Crippen molar-refractivity contribution in [3.63, 3.8) is 0 Å². The number of rotatable bonds is 1. The molecule has 0 saturated heterocycles. The lowest BCUT2D eigenvalue weighted by Gasteiger charge is -2.22. The zero-order valence-corrected chi connectivity index (χ0v) is 8.82. The van der Waals surface area contributed by atoms with E-state index in [1.807, 2.05) is 0 Å². The lowest BCUT2D eigenvalue weighted by atomic mass is 9.83. The van der Waals surface area contributed by atoms with Gasteiger partial charge in [-0.1, -0.05) is 20.8 Å². The first-order valence-electron chi connectivity index (χ1n) is 5.49. The maximum Gasteiger partial charge on any atom is -0.0294 e. The average Bonchev–Trinajstić information content (AvgIpc) is 2.49. The van der Waals surface area contributed by atoms with Crippen LogP contribution in [0.15, 0.2) is 0 Å². The van der Waals surface area contributed by atoms with E-state index in [0.29, 0.717) is 5.41 Å². The predicted octanol–water partition coefficient (Wildman–Crippen LogP) is 4.00. The molecule has 0 nitrogen and oxygen atoms in total. The van der Waals surface area contributed by atoms with Gasteiger partial charge >= 0.3 is 0 Å². The second kappa shape index (κ2) is 2.49. The van der Waals surface area contributed by atoms with Gasteiger partial charge in [0.25, 0.3) is 0 Å². The molecule has 2 aliphatic carbocycles. The van der Waals surface area contributed by atoms with E-state index in [-0.39, 0.29) is 0 Å². The summed E-state index contributed by atoms with van der Waals surface area (Å²) in [7, 11) is 0. The molecule has 1 unspecified atom stereocenters. The molecule has 0 aromatic carbocycles. The van der Waals surface area contributed by atoms with Gasteiger partial charge in [-0.2, -0.15) is 0 Å². The molecule has 0 aromatic heterocycles. The van der Waals surface area contributed by atoms with Crippen molar-refractivity contribution in [2.75, 3.05) is 0 Å². The molecule has 2 rings (SSSR count). The molecule has 0 bridgehead atoms. The van der Waals surface area contributed by atoms with Crippen LogP contribution in [0.3, 0.4) is 0 Å². The Hall–Kier alpha value is 0. The normalized spacial score (nSPS) is 32.8. The highest BCUT2D eigenvalue weighted by atomic mass is 14.5. The lowest BCUT2D eigenvalue weighted by Crippen LogP contribution is -2.11. The Labute approximate surface area is 76.7 Å². The average molecular weight is 166 g/mol. The van der Waals surface area contributed by atoms with Crippen LogP contribution in [0.5, 0.6) is 0 Å². The molecule has 2 fully saturated rings. The lowest BCUT2D eigenvalue weighted by molar-refractivity contribution is 0.289. The van der Waals surface area contributed by atoms with Crippen molar-refractivity contribution in [2.24, 2.45) is 16.7 Å². The van der Waals surface area contributed by atoms with Crippen molar-refractivity contribution >= 4 is 0 Å². The van der Waals surface area contributed by atoms with Gasteiger partial charge in [-0.3, -0.25) is 0 Å². The summed E-state index contributed by atoms with van der Waals surface area (Å²) in [6.07, 6.45) is 9.19. The van der Waals surface area contributed by atoms with E-state index in [1.54, 1.807) is 25.7 Å². The van der Waals surface area contributed by atoms with Crippen LogP contribution in [-0.2, 0) is 0 Å². The van der Waals surface area contributed by atoms with Gasteiger partial charge in [0, 0.05) is 0 Å². The highest BCUT2D eigenvalue weighted by molar-refractivity contribution is 4.99. The molecule has 12 heavy (non-hydrogen) atoms. The molecule has 1 atom stereocenters. The van der Waals surface area contributed by atoms with E-state index in [4.69, 9.17) is 0 Å². The minimum atomic E-state index is 0.561. The minimum Gasteiger partial charge on any atom is -0.0602 e. The maximum atomic E-state index is 2.38. The van der Waals surface area contributed by atoms with Crippen LogP contribution in [0.2, 0.25) is 0 Å². The summed E-state index contributed by atoms with van der Waals surface area (Å²) in [4.78, 5) is 0. The van der Waals surface area contributed by atoms with E-state index in [9.17, 15) is 0 Å². The van der Waals surface area contributed by atoms with E-state index in [0.717, 1.165) is 11.3 Å². The van der Waals surface area contributed by atoms with Crippen LogP contribution in [0.1, 0.15) is 59.3 Å². The Bertz CT molecular complexity index is 169. The van der Waals surface area contributed by atoms with Gasteiger partial charge in [0.15, 0.2) is 0 Å². The van der Waals surface area contributed by atoms with Crippen molar-refractivity contribution in [2.45, 2.75) is 59.3 Å². The van der Waals surface area contributed by atoms with Crippen molar-refractivity contribution in [3.8, 4) is 0 Å². The van der Waals surface area contributed by atoms with Crippen LogP contribution < -0.4 is 0 Å². The molecule has 70 valence electrons. The van der Waals surface area contributed by atoms with Gasteiger partial charge in [0.2, 0.25) is 0 Å². The van der Waals surface area contributed by atoms with Crippen molar-refractivity contribution in [1.82, 2.24) is 0 Å². The highest BCUT2D eigenvalue weighted by Gasteiger charge is 2.48. The fourth-order valence-electron chi connectivity index (χ4n) is 3.00. The summed E-state index contributed by atoms with van der Waals surface area (Å²) in [6.45, 7) is 7.14. The first-order valence-corrected chi connectivity index (χ1v) is 5.49. The van der Waals surface area contributed by atoms with E-state index >= 15 is 0 Å². The Kier molecular flexibility index (Phi) is 1.79. The summed E-state index contributed by atoms with van der Waals surface area (Å²) in [5, 5.41) is 0. The summed E-state index contributed by atoms with van der Waals surface area (Å²) in [5.74, 6) is 1.06. The largest absolute Gasteiger partial charge is 0.0602 e. The Morgan fingerprint density at radius 2 is 1.83 bits per heavy atom. The molecule has 0 aromatic rings. The first kappa shape index (κ1) is 8.59. The Balaban J connectivity index is 1.84. The fraction of sp³-hybridized carbons (Fsp3) is 1.00. The van der Waals surface area contributed by atoms with Crippen LogP contribution in [-0.4, -0.2) is 0 Å². The molecule has 0 heteroatoms. The molecule has 1 spiro atoms. The van der Waals surface area contributed by atoms with Crippen LogP contribution >= 0.6 is 0 Å². The Morgan fingerprint density at radius 3 is 2.25 bits per heavy atom. The number of hydrogen-bond donors (Lipinski definition) is 0. The molecule has 0 N–H and O–H groups in total. The molecule has 0 amide bonds. The van der Waals surface area contributed by atoms with E-state index in [1.165, 1.54) is 12.8 Å². The smallest absolute Gasteiger partial charge is 0.0294 e. The van der Waals surface area contributed by atoms with Gasteiger partial charge < -0.3 is 0 Å². The monoisotopic (exact) mass is 166 g/mol. The molecule has 0 aliphatic heterocycles. The first-order chi connectivity index (χ1) is 5.49. The minimum absolute atomic E-state index is 0.561. The third-order valence-electron chi connectivity index (χ3n) is 3.66. The van der Waals surface area contributed by atoms with Crippen LogP contribution in [0.25, 0.3) is 0 Å². The third-order valence-corrected chi connectivity index (χ3v) is 3.66. The van der Waals surface area contributed by atoms with Gasteiger partial charge in [-0.05, 0) is 55.3 Å². The SMILES string of the molecule is CC(C)(C)CC1CCC2(CC2)C1. The quantitative estimate of drug-likeness (QED) is 0.552. The molecule has 0 heterocycles. The standard InChI is InChI=1S/C12H22/c1-11(2,3)8-10-4-5-12(9-10)6-7-12/h10H,4-9H2,1-3H3. The molecular weight excluding hydrogens is 144 g/mol. The van der Waals surface area contributed by atoms with Gasteiger partial charge in [-0.15, -0.1) is 0 Å². The van der Waals surface area contributed by atoms with Crippen LogP contribution in [0, 0.1) is 16.7 Å². The molecule has 0 radical (unpaired) electrons. The zero-order chi connectivity index (χ0) is 8.82. The van der Waals surface area contributed by atoms with Gasteiger partial charge in [-0.25, -0.2) is 0 Å². The van der Waals surface area contributed by atoms with Crippen LogP contribution in [0.4, 0.5) is 0 Å². The molecular formula is C12H22. The summed E-state index contributed by atoms with van der Waals surface area (Å²) in [5.41, 5.74) is 1.45. The highest BCUT2D eigenvalue weighted by Crippen LogP contribution is 2.60. The Morgan fingerprint density at radius 1 is 1.17 bits per heavy atom. The fourth-order valence-corrected chi connectivity index (χ4v) is 3.00. The maximum absolute atomic E-state index is 2.38. The molecule has 2 saturated carbocycles. The van der Waals surface area contributed by atoms with E-state index < -0.39 is 0 Å². The summed E-state index contributed by atoms with van der Waals surface area (Å²) >= 11 is 0. The second-order valence-corrected chi connectivity index (χ2v) is 6.37. The second-order valence-electron chi connectivity index (χ2n) is 6.37. The third kappa shape index (κ3) is 1.84. The number of hydrogen-bond acceptors (Lipinski definition) is 0. The topological polar surface area (TPSA) is 0 Å². The van der Waals surface area contributed by atoms with E-state index in [2.05, 4.69) is 20.8 Å². The predicted molar refractivity (Wildman–Crippen MR) is 53.1 cm³/mol. The summed E-state index contributed by atoms with van der Waals surface area (Å²) < 4.78 is 0. The summed E-state index contributed by atoms with van der Waals surface area (Å²) in [6, 6.07) is 0. The van der Waals surface area contributed by atoms with Crippen molar-refractivity contribution in [1.29, 1.82) is 0 Å². The van der Waals surface area contributed by atoms with Crippen molar-refractivity contribution in [3.05, 3.63) is 0 Å². The van der Waals surface area contributed by atoms with Gasteiger partial charge in [0.1, 0.15) is 0 Å². The van der Waals surface area contributed by atoms with Gasteiger partial charge in [0.05, 0.1) is 0 Å². The molecule has 2 aliphatic rings. The zero-order valence-electron chi connectivity index (χ0n) is 8.82. The van der Waals surface area contributed by atoms with Crippen molar-refractivity contribution < 1.29 is 0 Å².